The van der Waals surface area contributed by atoms with Gasteiger partial charge >= 0.3 is 5.97 Å². The van der Waals surface area contributed by atoms with Crippen LogP contribution in [0.4, 0.5) is 0 Å². The number of hydrogen-bond donors (Lipinski definition) is 1. The largest absolute Gasteiger partial charge is 0.481 e. The maximum Gasteiger partial charge on any atom is 0.303 e. The monoisotopic (exact) mass is 246 g/mol. The van der Waals surface area contributed by atoms with E-state index in [4.69, 9.17) is 5.11 Å². The lowest BCUT2D eigenvalue weighted by molar-refractivity contribution is -0.137. The van der Waals surface area contributed by atoms with Gasteiger partial charge < -0.3 is 5.11 Å². The Kier molecular flexibility index (Phi) is 4.01. The molecule has 0 aliphatic heterocycles. The molecule has 0 bridgehead atoms. The molecule has 6 nitrogen and oxygen atoms in total. The van der Waals surface area contributed by atoms with E-state index in [1.165, 1.54) is 0 Å². The van der Waals surface area contributed by atoms with Crippen molar-refractivity contribution in [3.8, 4) is 0 Å². The predicted octanol–water partition coefficient (Wildman–Crippen LogP) is 1.13. The Morgan fingerprint density at radius 2 is 2.06 bits per heavy atom. The molecular weight excluding hydrogens is 232 g/mol. The van der Waals surface area contributed by atoms with E-state index in [0.717, 1.165) is 11.4 Å². The maximum absolute atomic E-state index is 10.4. The molecule has 0 fully saturated rings. The highest BCUT2D eigenvalue weighted by Crippen LogP contribution is 2.06. The first-order valence-electron chi connectivity index (χ1n) is 5.76. The standard InChI is InChI=1S/C12H14N4O2/c17-12(18)7-4-8-16-11(13-14-15-16)9-10-5-2-1-3-6-10/h1-3,5-6H,4,7-9H2,(H,17,18). The van der Waals surface area contributed by atoms with E-state index in [9.17, 15) is 4.79 Å². The lowest BCUT2D eigenvalue weighted by Gasteiger charge is -2.03. The first-order valence-corrected chi connectivity index (χ1v) is 5.76. The van der Waals surface area contributed by atoms with Crippen molar-refractivity contribution in [2.75, 3.05) is 0 Å². The summed E-state index contributed by atoms with van der Waals surface area (Å²) in [4.78, 5) is 10.4. The minimum Gasteiger partial charge on any atom is -0.481 e. The molecule has 6 heteroatoms. The number of benzene rings is 1. The fourth-order valence-electron chi connectivity index (χ4n) is 1.68. The Hall–Kier alpha value is -2.24. The molecule has 0 radical (unpaired) electrons. The summed E-state index contributed by atoms with van der Waals surface area (Å²) in [6, 6.07) is 9.91. The van der Waals surface area contributed by atoms with Gasteiger partial charge in [-0.3, -0.25) is 4.79 Å². The van der Waals surface area contributed by atoms with Gasteiger partial charge in [-0.2, -0.15) is 0 Å². The van der Waals surface area contributed by atoms with E-state index in [-0.39, 0.29) is 6.42 Å². The van der Waals surface area contributed by atoms with Gasteiger partial charge in [0.15, 0.2) is 5.82 Å². The number of carboxylic acid groups (broad SMARTS) is 1. The number of carbonyl (C=O) groups is 1. The van der Waals surface area contributed by atoms with Gasteiger partial charge in [0.05, 0.1) is 0 Å². The van der Waals surface area contributed by atoms with Crippen molar-refractivity contribution < 1.29 is 9.90 Å². The Balaban J connectivity index is 1.97. The number of aryl methyl sites for hydroxylation is 1. The average molecular weight is 246 g/mol. The van der Waals surface area contributed by atoms with Crippen LogP contribution >= 0.6 is 0 Å². The number of nitrogens with zero attached hydrogens (tertiary/aromatic N) is 4. The quantitative estimate of drug-likeness (QED) is 0.826. The topological polar surface area (TPSA) is 80.9 Å². The van der Waals surface area contributed by atoms with Crippen molar-refractivity contribution in [1.29, 1.82) is 0 Å². The molecule has 0 saturated heterocycles. The molecule has 1 heterocycles. The van der Waals surface area contributed by atoms with Gasteiger partial charge in [-0.1, -0.05) is 30.3 Å². The van der Waals surface area contributed by atoms with Crippen LogP contribution in [0.3, 0.4) is 0 Å². The van der Waals surface area contributed by atoms with Crippen LogP contribution in [0.15, 0.2) is 30.3 Å². The van der Waals surface area contributed by atoms with Crippen LogP contribution in [0.5, 0.6) is 0 Å². The minimum atomic E-state index is -0.798. The van der Waals surface area contributed by atoms with Crippen molar-refractivity contribution in [3.05, 3.63) is 41.7 Å². The highest BCUT2D eigenvalue weighted by molar-refractivity contribution is 5.66. The number of carboxylic acids is 1. The van der Waals surface area contributed by atoms with Gasteiger partial charge in [0.1, 0.15) is 0 Å². The predicted molar refractivity (Wildman–Crippen MR) is 63.9 cm³/mol. The van der Waals surface area contributed by atoms with Gasteiger partial charge in [-0.05, 0) is 22.4 Å². The Morgan fingerprint density at radius 3 is 2.78 bits per heavy atom. The van der Waals surface area contributed by atoms with Crippen molar-refractivity contribution in [2.45, 2.75) is 25.8 Å². The van der Waals surface area contributed by atoms with Crippen LogP contribution in [-0.2, 0) is 17.8 Å². The zero-order valence-corrected chi connectivity index (χ0v) is 9.86. The first-order chi connectivity index (χ1) is 8.75. The third-order valence-electron chi connectivity index (χ3n) is 2.57. The highest BCUT2D eigenvalue weighted by atomic mass is 16.4. The molecule has 1 N–H and O–H groups in total. The summed E-state index contributed by atoms with van der Waals surface area (Å²) in [5.74, 6) is -0.0423. The summed E-state index contributed by atoms with van der Waals surface area (Å²) in [5, 5.41) is 20.1. The van der Waals surface area contributed by atoms with E-state index < -0.39 is 5.97 Å². The molecule has 2 aromatic rings. The van der Waals surface area contributed by atoms with Gasteiger partial charge in [0, 0.05) is 19.4 Å². The number of rotatable bonds is 6. The second kappa shape index (κ2) is 5.90. The summed E-state index contributed by atoms with van der Waals surface area (Å²) in [6.45, 7) is 0.529. The lowest BCUT2D eigenvalue weighted by Crippen LogP contribution is -2.08. The van der Waals surface area contributed by atoms with E-state index in [0.29, 0.717) is 19.4 Å². The number of tetrazole rings is 1. The minimum absolute atomic E-state index is 0.130. The second-order valence-corrected chi connectivity index (χ2v) is 3.98. The number of aliphatic carboxylic acids is 1. The number of aromatic nitrogens is 4. The Labute approximate surface area is 104 Å². The molecule has 94 valence electrons. The Bertz CT molecular complexity index is 510. The third-order valence-corrected chi connectivity index (χ3v) is 2.57. The molecule has 0 atom stereocenters. The van der Waals surface area contributed by atoms with E-state index in [1.807, 2.05) is 30.3 Å². The van der Waals surface area contributed by atoms with Crippen LogP contribution < -0.4 is 0 Å². The van der Waals surface area contributed by atoms with E-state index in [1.54, 1.807) is 4.68 Å². The van der Waals surface area contributed by atoms with Crippen LogP contribution in [0.25, 0.3) is 0 Å². The van der Waals surface area contributed by atoms with Crippen molar-refractivity contribution in [2.24, 2.45) is 0 Å². The summed E-state index contributed by atoms with van der Waals surface area (Å²) in [7, 11) is 0. The molecular formula is C12H14N4O2. The first kappa shape index (κ1) is 12.2. The molecule has 0 amide bonds. The fourth-order valence-corrected chi connectivity index (χ4v) is 1.68. The normalized spacial score (nSPS) is 10.4. The number of hydrogen-bond acceptors (Lipinski definition) is 4. The highest BCUT2D eigenvalue weighted by Gasteiger charge is 2.07. The van der Waals surface area contributed by atoms with E-state index >= 15 is 0 Å². The lowest BCUT2D eigenvalue weighted by atomic mass is 10.1. The molecule has 2 rings (SSSR count). The summed E-state index contributed by atoms with van der Waals surface area (Å²) >= 11 is 0. The molecule has 0 spiro atoms. The zero-order chi connectivity index (χ0) is 12.8. The van der Waals surface area contributed by atoms with Gasteiger partial charge in [0.2, 0.25) is 0 Å². The molecule has 0 aliphatic carbocycles. The summed E-state index contributed by atoms with van der Waals surface area (Å²) in [5.41, 5.74) is 1.13. The molecule has 0 aliphatic rings. The Morgan fingerprint density at radius 1 is 1.28 bits per heavy atom. The second-order valence-electron chi connectivity index (χ2n) is 3.98. The maximum atomic E-state index is 10.4. The van der Waals surface area contributed by atoms with Crippen molar-refractivity contribution in [3.63, 3.8) is 0 Å². The van der Waals surface area contributed by atoms with Crippen LogP contribution in [0, 0.1) is 0 Å². The van der Waals surface area contributed by atoms with Gasteiger partial charge in [-0.15, -0.1) is 5.10 Å². The van der Waals surface area contributed by atoms with Gasteiger partial charge in [0.25, 0.3) is 0 Å². The summed E-state index contributed by atoms with van der Waals surface area (Å²) < 4.78 is 1.66. The average Bonchev–Trinajstić information content (AvgIpc) is 2.78. The smallest absolute Gasteiger partial charge is 0.303 e. The SMILES string of the molecule is O=C(O)CCCn1nnnc1Cc1ccccc1. The molecule has 1 aromatic heterocycles. The fraction of sp³-hybridized carbons (Fsp3) is 0.333. The van der Waals surface area contributed by atoms with Crippen molar-refractivity contribution in [1.82, 2.24) is 20.2 Å². The van der Waals surface area contributed by atoms with Crippen molar-refractivity contribution >= 4 is 5.97 Å². The molecule has 0 saturated carbocycles. The van der Waals surface area contributed by atoms with Gasteiger partial charge in [-0.25, -0.2) is 4.68 Å². The van der Waals surface area contributed by atoms with Crippen LogP contribution in [-0.4, -0.2) is 31.3 Å². The van der Waals surface area contributed by atoms with Crippen LogP contribution in [0.2, 0.25) is 0 Å². The van der Waals surface area contributed by atoms with E-state index in [2.05, 4.69) is 15.5 Å². The molecule has 0 unspecified atom stereocenters. The third kappa shape index (κ3) is 3.38. The summed E-state index contributed by atoms with van der Waals surface area (Å²) in [6.07, 6.45) is 1.31. The zero-order valence-electron chi connectivity index (χ0n) is 9.86. The van der Waals surface area contributed by atoms with Crippen LogP contribution in [0.1, 0.15) is 24.2 Å². The molecule has 18 heavy (non-hydrogen) atoms. The molecule has 1 aromatic carbocycles.